The molecule has 7 nitrogen and oxygen atoms in total. The van der Waals surface area contributed by atoms with E-state index in [2.05, 4.69) is 5.32 Å². The van der Waals surface area contributed by atoms with Crippen molar-refractivity contribution in [3.63, 3.8) is 0 Å². The number of hydrogen-bond acceptors (Lipinski definition) is 4. The molecule has 1 saturated carbocycles. The van der Waals surface area contributed by atoms with Crippen LogP contribution in [0.3, 0.4) is 0 Å². The van der Waals surface area contributed by atoms with Crippen LogP contribution < -0.4 is 9.62 Å². The van der Waals surface area contributed by atoms with Crippen molar-refractivity contribution in [3.05, 3.63) is 101 Å². The number of aryl methyl sites for hydroxylation is 1. The Morgan fingerprint density at radius 3 is 2.31 bits per heavy atom. The largest absolute Gasteiger partial charge is 0.352 e. The van der Waals surface area contributed by atoms with Crippen LogP contribution in [0.5, 0.6) is 0 Å². The van der Waals surface area contributed by atoms with Gasteiger partial charge in [0, 0.05) is 37.0 Å². The number of halogens is 1. The van der Waals surface area contributed by atoms with Gasteiger partial charge in [-0.25, -0.2) is 8.42 Å². The Morgan fingerprint density at radius 1 is 0.952 bits per heavy atom. The summed E-state index contributed by atoms with van der Waals surface area (Å²) in [6.07, 6.45) is 5.96. The maximum Gasteiger partial charge on any atom is 0.243 e. The topological polar surface area (TPSA) is 86.8 Å². The second kappa shape index (κ2) is 14.7. The molecule has 9 heteroatoms. The highest BCUT2D eigenvalue weighted by atomic mass is 35.5. The van der Waals surface area contributed by atoms with Gasteiger partial charge < -0.3 is 10.2 Å². The third-order valence-corrected chi connectivity index (χ3v) is 9.09. The summed E-state index contributed by atoms with van der Waals surface area (Å²) < 4.78 is 26.5. The number of benzene rings is 3. The SMILES string of the molecule is Cc1cccc(CN(C(=O)CCCN(c2cccc(Cl)c2)S(C)(=O)=O)[C@@H](Cc2ccccc2)C(=O)NC2CCCC2)c1. The first-order chi connectivity index (χ1) is 20.1. The Bertz CT molecular complexity index is 1460. The lowest BCUT2D eigenvalue weighted by atomic mass is 10.0. The van der Waals surface area contributed by atoms with E-state index in [1.807, 2.05) is 61.5 Å². The van der Waals surface area contributed by atoms with Crippen LogP contribution in [-0.2, 0) is 32.6 Å². The van der Waals surface area contributed by atoms with Crippen LogP contribution in [0.25, 0.3) is 0 Å². The number of amides is 2. The zero-order valence-corrected chi connectivity index (χ0v) is 25.9. The number of carbonyl (C=O) groups is 2. The van der Waals surface area contributed by atoms with Gasteiger partial charge >= 0.3 is 0 Å². The van der Waals surface area contributed by atoms with E-state index in [4.69, 9.17) is 11.6 Å². The summed E-state index contributed by atoms with van der Waals surface area (Å²) in [6.45, 7) is 2.39. The molecule has 0 bridgehead atoms. The van der Waals surface area contributed by atoms with Gasteiger partial charge in [-0.05, 0) is 55.5 Å². The average Bonchev–Trinajstić information content (AvgIpc) is 3.46. The Kier molecular flexibility index (Phi) is 11.0. The molecule has 224 valence electrons. The van der Waals surface area contributed by atoms with E-state index in [0.717, 1.165) is 48.6 Å². The predicted octanol–water partition coefficient (Wildman–Crippen LogP) is 5.89. The molecule has 0 radical (unpaired) electrons. The Balaban J connectivity index is 1.59. The minimum absolute atomic E-state index is 0.0837. The van der Waals surface area contributed by atoms with Gasteiger partial charge in [0.1, 0.15) is 6.04 Å². The number of nitrogens with zero attached hydrogens (tertiary/aromatic N) is 2. The molecule has 0 aliphatic heterocycles. The molecule has 4 rings (SSSR count). The van der Waals surface area contributed by atoms with E-state index in [9.17, 15) is 18.0 Å². The quantitative estimate of drug-likeness (QED) is 0.262. The molecule has 1 N–H and O–H groups in total. The molecule has 0 unspecified atom stereocenters. The summed E-state index contributed by atoms with van der Waals surface area (Å²) in [5, 5.41) is 3.65. The second-order valence-corrected chi connectivity index (χ2v) is 13.5. The van der Waals surface area contributed by atoms with Crippen LogP contribution in [0.1, 0.15) is 55.2 Å². The molecule has 0 spiro atoms. The zero-order valence-electron chi connectivity index (χ0n) is 24.3. The van der Waals surface area contributed by atoms with Crippen molar-refractivity contribution in [2.75, 3.05) is 17.1 Å². The first-order valence-electron chi connectivity index (χ1n) is 14.5. The number of rotatable bonds is 13. The third-order valence-electron chi connectivity index (χ3n) is 7.66. The fourth-order valence-corrected chi connectivity index (χ4v) is 6.71. The minimum Gasteiger partial charge on any atom is -0.352 e. The van der Waals surface area contributed by atoms with Crippen molar-refractivity contribution in [2.45, 2.75) is 70.5 Å². The van der Waals surface area contributed by atoms with Gasteiger partial charge in [-0.1, -0.05) is 90.7 Å². The first-order valence-corrected chi connectivity index (χ1v) is 16.8. The van der Waals surface area contributed by atoms with Crippen LogP contribution in [0.4, 0.5) is 5.69 Å². The highest BCUT2D eigenvalue weighted by Crippen LogP contribution is 2.24. The van der Waals surface area contributed by atoms with E-state index >= 15 is 0 Å². The second-order valence-electron chi connectivity index (χ2n) is 11.1. The number of hydrogen-bond donors (Lipinski definition) is 1. The maximum absolute atomic E-state index is 14.0. The smallest absolute Gasteiger partial charge is 0.243 e. The number of anilines is 1. The minimum atomic E-state index is -3.60. The van der Waals surface area contributed by atoms with Gasteiger partial charge in [-0.3, -0.25) is 13.9 Å². The summed E-state index contributed by atoms with van der Waals surface area (Å²) in [4.78, 5) is 29.5. The fraction of sp³-hybridized carbons (Fsp3) is 0.394. The molecule has 1 aliphatic carbocycles. The average molecular weight is 610 g/mol. The van der Waals surface area contributed by atoms with E-state index < -0.39 is 16.1 Å². The first kappa shape index (κ1) is 31.6. The summed E-state index contributed by atoms with van der Waals surface area (Å²) in [5.74, 6) is -0.345. The van der Waals surface area contributed by atoms with Crippen LogP contribution >= 0.6 is 11.6 Å². The molecule has 0 heterocycles. The van der Waals surface area contributed by atoms with E-state index in [1.54, 1.807) is 29.2 Å². The highest BCUT2D eigenvalue weighted by molar-refractivity contribution is 7.92. The molecule has 1 aliphatic rings. The van der Waals surface area contributed by atoms with Gasteiger partial charge in [0.2, 0.25) is 21.8 Å². The normalized spacial score (nSPS) is 14.4. The molecule has 0 saturated heterocycles. The molecule has 1 fully saturated rings. The molecule has 2 amide bonds. The molecule has 3 aromatic carbocycles. The standard InChI is InChI=1S/C33H40ClN3O4S/c1-25-11-8-14-27(21-25)24-36(31(22-26-12-4-3-5-13-26)33(39)35-29-16-6-7-17-29)32(38)19-10-20-37(42(2,40)41)30-18-9-15-28(34)23-30/h3-5,8-9,11-15,18,21,23,29,31H,6-7,10,16-17,19-20,22,24H2,1-2H3,(H,35,39)/t31-/m0/s1. The van der Waals surface area contributed by atoms with Crippen LogP contribution in [-0.4, -0.2) is 50.0 Å². The highest BCUT2D eigenvalue weighted by Gasteiger charge is 2.32. The van der Waals surface area contributed by atoms with Crippen LogP contribution in [0.2, 0.25) is 5.02 Å². The lowest BCUT2D eigenvalue weighted by Crippen LogP contribution is -2.52. The van der Waals surface area contributed by atoms with Crippen molar-refractivity contribution in [3.8, 4) is 0 Å². The summed E-state index contributed by atoms with van der Waals surface area (Å²) in [5.41, 5.74) is 3.43. The van der Waals surface area contributed by atoms with Gasteiger partial charge in [0.25, 0.3) is 0 Å². The van der Waals surface area contributed by atoms with Gasteiger partial charge in [-0.2, -0.15) is 0 Å². The van der Waals surface area contributed by atoms with E-state index in [1.165, 1.54) is 4.31 Å². The van der Waals surface area contributed by atoms with Gasteiger partial charge in [0.15, 0.2) is 0 Å². The van der Waals surface area contributed by atoms with Crippen LogP contribution in [0.15, 0.2) is 78.9 Å². The molecule has 42 heavy (non-hydrogen) atoms. The summed E-state index contributed by atoms with van der Waals surface area (Å²) >= 11 is 6.12. The summed E-state index contributed by atoms with van der Waals surface area (Å²) in [7, 11) is -3.60. The zero-order chi connectivity index (χ0) is 30.1. The van der Waals surface area contributed by atoms with Crippen molar-refractivity contribution in [1.29, 1.82) is 0 Å². The van der Waals surface area contributed by atoms with Crippen molar-refractivity contribution in [2.24, 2.45) is 0 Å². The Hall–Kier alpha value is -3.36. The lowest BCUT2D eigenvalue weighted by Gasteiger charge is -2.33. The number of carbonyl (C=O) groups excluding carboxylic acids is 2. The number of sulfonamides is 1. The van der Waals surface area contributed by atoms with Crippen molar-refractivity contribution in [1.82, 2.24) is 10.2 Å². The maximum atomic E-state index is 14.0. The summed E-state index contributed by atoms with van der Waals surface area (Å²) in [6, 6.07) is 23.8. The lowest BCUT2D eigenvalue weighted by molar-refractivity contribution is -0.141. The molecule has 1 atom stereocenters. The molecular weight excluding hydrogens is 570 g/mol. The fourth-order valence-electron chi connectivity index (χ4n) is 5.56. The third kappa shape index (κ3) is 9.07. The Morgan fingerprint density at radius 2 is 1.64 bits per heavy atom. The monoisotopic (exact) mass is 609 g/mol. The molecule has 3 aromatic rings. The Labute approximate surface area is 254 Å². The van der Waals surface area contributed by atoms with Gasteiger partial charge in [-0.15, -0.1) is 0 Å². The van der Waals surface area contributed by atoms with Gasteiger partial charge in [0.05, 0.1) is 11.9 Å². The van der Waals surface area contributed by atoms with Crippen LogP contribution in [0, 0.1) is 6.92 Å². The van der Waals surface area contributed by atoms with Crippen molar-refractivity contribution < 1.29 is 18.0 Å². The predicted molar refractivity (Wildman–Crippen MR) is 169 cm³/mol. The van der Waals surface area contributed by atoms with E-state index in [-0.39, 0.29) is 43.8 Å². The molecular formula is C33H40ClN3O4S. The molecule has 0 aromatic heterocycles. The number of nitrogens with one attached hydrogen (secondary N) is 1. The van der Waals surface area contributed by atoms with E-state index in [0.29, 0.717) is 17.1 Å². The van der Waals surface area contributed by atoms with Crippen molar-refractivity contribution >= 4 is 39.1 Å².